The molecule has 1 atom stereocenters. The Bertz CT molecular complexity index is 896. The Morgan fingerprint density at radius 2 is 2.11 bits per heavy atom. The second-order valence-corrected chi connectivity index (χ2v) is 7.81. The predicted octanol–water partition coefficient (Wildman–Crippen LogP) is 3.17. The lowest BCUT2D eigenvalue weighted by atomic mass is 9.85. The van der Waals surface area contributed by atoms with Crippen LogP contribution in [0.4, 0.5) is 5.82 Å². The summed E-state index contributed by atoms with van der Waals surface area (Å²) in [4.78, 5) is 24.8. The van der Waals surface area contributed by atoms with Gasteiger partial charge in [0.2, 0.25) is 5.91 Å². The summed E-state index contributed by atoms with van der Waals surface area (Å²) in [6.07, 6.45) is 3.72. The van der Waals surface area contributed by atoms with E-state index in [-0.39, 0.29) is 24.4 Å². The maximum atomic E-state index is 13.0. The van der Waals surface area contributed by atoms with E-state index >= 15 is 0 Å². The first kappa shape index (κ1) is 17.8. The number of esters is 1. The standard InChI is InChI=1S/C20H25N3O4/c1-12(2)26-13-6-7-14-16(10-13)23(3)22-18(14)21-19(25)15-11-17(24)27-20(15)8-4-5-9-20/h6-7,10,12,15H,4-5,8-9,11H2,1-3H3,(H,21,22,25)/t15-/m0/s1. The third-order valence-corrected chi connectivity index (χ3v) is 5.53. The number of carbonyl (C=O) groups is 2. The first-order chi connectivity index (χ1) is 12.9. The zero-order valence-corrected chi connectivity index (χ0v) is 15.9. The van der Waals surface area contributed by atoms with Crippen molar-refractivity contribution in [2.45, 2.75) is 57.7 Å². The van der Waals surface area contributed by atoms with Crippen LogP contribution in [0.15, 0.2) is 18.2 Å². The molecule has 1 saturated heterocycles. The van der Waals surface area contributed by atoms with Gasteiger partial charge in [0, 0.05) is 18.5 Å². The van der Waals surface area contributed by atoms with Gasteiger partial charge in [-0.3, -0.25) is 14.3 Å². The van der Waals surface area contributed by atoms with Crippen molar-refractivity contribution in [3.05, 3.63) is 18.2 Å². The maximum Gasteiger partial charge on any atom is 0.307 e. The van der Waals surface area contributed by atoms with E-state index in [1.54, 1.807) is 4.68 Å². The maximum absolute atomic E-state index is 13.0. The lowest BCUT2D eigenvalue weighted by molar-refractivity contribution is -0.149. The SMILES string of the molecule is CC(C)Oc1ccc2c(NC(=O)[C@@H]3CC(=O)OC34CCCC4)nn(C)c2c1. The number of carbonyl (C=O) groups excluding carboxylic acids is 2. The first-order valence-corrected chi connectivity index (χ1v) is 9.54. The molecular formula is C20H25N3O4. The van der Waals surface area contributed by atoms with E-state index in [9.17, 15) is 9.59 Å². The Kier molecular flexibility index (Phi) is 4.32. The van der Waals surface area contributed by atoms with Crippen LogP contribution < -0.4 is 10.1 Å². The highest BCUT2D eigenvalue weighted by Crippen LogP contribution is 2.46. The number of rotatable bonds is 4. The summed E-state index contributed by atoms with van der Waals surface area (Å²) >= 11 is 0. The van der Waals surface area contributed by atoms with E-state index in [0.29, 0.717) is 5.82 Å². The van der Waals surface area contributed by atoms with Gasteiger partial charge in [-0.25, -0.2) is 0 Å². The second-order valence-electron chi connectivity index (χ2n) is 7.81. The van der Waals surface area contributed by atoms with Gasteiger partial charge in [-0.05, 0) is 51.7 Å². The van der Waals surface area contributed by atoms with Crippen LogP contribution in [0.25, 0.3) is 10.9 Å². The summed E-state index contributed by atoms with van der Waals surface area (Å²) in [5.74, 6) is 0.343. The van der Waals surface area contributed by atoms with Gasteiger partial charge in [-0.2, -0.15) is 5.10 Å². The molecule has 1 saturated carbocycles. The average molecular weight is 371 g/mol. The van der Waals surface area contributed by atoms with Crippen molar-refractivity contribution in [2.75, 3.05) is 5.32 Å². The van der Waals surface area contributed by atoms with Crippen molar-refractivity contribution in [2.24, 2.45) is 13.0 Å². The lowest BCUT2D eigenvalue weighted by Gasteiger charge is -2.27. The fourth-order valence-corrected chi connectivity index (χ4v) is 4.33. The third kappa shape index (κ3) is 3.15. The monoisotopic (exact) mass is 371 g/mol. The number of nitrogens with zero attached hydrogens (tertiary/aromatic N) is 2. The summed E-state index contributed by atoms with van der Waals surface area (Å²) in [5, 5.41) is 8.24. The van der Waals surface area contributed by atoms with Crippen molar-refractivity contribution in [1.29, 1.82) is 0 Å². The summed E-state index contributed by atoms with van der Waals surface area (Å²) in [7, 11) is 1.83. The molecule has 27 heavy (non-hydrogen) atoms. The molecule has 1 aromatic carbocycles. The van der Waals surface area contributed by atoms with E-state index in [2.05, 4.69) is 10.4 Å². The number of fused-ring (bicyclic) bond motifs is 1. The Morgan fingerprint density at radius 1 is 1.37 bits per heavy atom. The fourth-order valence-electron chi connectivity index (χ4n) is 4.33. The van der Waals surface area contributed by atoms with Crippen LogP contribution in [0.5, 0.6) is 5.75 Å². The Morgan fingerprint density at radius 3 is 2.81 bits per heavy atom. The number of hydrogen-bond donors (Lipinski definition) is 1. The molecule has 1 aromatic heterocycles. The average Bonchev–Trinajstić information content (AvgIpc) is 3.27. The van der Waals surface area contributed by atoms with E-state index < -0.39 is 11.5 Å². The van der Waals surface area contributed by atoms with Crippen LogP contribution in [0.2, 0.25) is 0 Å². The van der Waals surface area contributed by atoms with Crippen LogP contribution in [-0.4, -0.2) is 33.4 Å². The Labute approximate surface area is 158 Å². The number of aryl methyl sites for hydroxylation is 1. The van der Waals surface area contributed by atoms with Crippen LogP contribution >= 0.6 is 0 Å². The van der Waals surface area contributed by atoms with E-state index in [1.807, 2.05) is 39.1 Å². The summed E-state index contributed by atoms with van der Waals surface area (Å²) < 4.78 is 13.0. The number of nitrogens with one attached hydrogen (secondary N) is 1. The molecule has 1 aliphatic heterocycles. The number of anilines is 1. The largest absolute Gasteiger partial charge is 0.491 e. The van der Waals surface area contributed by atoms with Crippen molar-refractivity contribution < 1.29 is 19.1 Å². The summed E-state index contributed by atoms with van der Waals surface area (Å²) in [6, 6.07) is 5.69. The highest BCUT2D eigenvalue weighted by molar-refractivity contribution is 6.02. The minimum atomic E-state index is -0.621. The number of benzene rings is 1. The van der Waals surface area contributed by atoms with Crippen molar-refractivity contribution in [3.8, 4) is 5.75 Å². The molecular weight excluding hydrogens is 346 g/mol. The van der Waals surface area contributed by atoms with Gasteiger partial charge in [0.05, 0.1) is 24.0 Å². The zero-order chi connectivity index (χ0) is 19.2. The van der Waals surface area contributed by atoms with Crippen molar-refractivity contribution >= 4 is 28.6 Å². The Balaban J connectivity index is 1.60. The molecule has 0 bridgehead atoms. The highest BCUT2D eigenvalue weighted by atomic mass is 16.6. The van der Waals surface area contributed by atoms with E-state index in [1.165, 1.54) is 0 Å². The molecule has 7 nitrogen and oxygen atoms in total. The number of ether oxygens (including phenoxy) is 2. The van der Waals surface area contributed by atoms with Crippen molar-refractivity contribution in [1.82, 2.24) is 9.78 Å². The van der Waals surface area contributed by atoms with Crippen LogP contribution in [0.3, 0.4) is 0 Å². The number of amides is 1. The molecule has 1 spiro atoms. The molecule has 1 N–H and O–H groups in total. The van der Waals surface area contributed by atoms with Gasteiger partial charge >= 0.3 is 5.97 Å². The van der Waals surface area contributed by atoms with Gasteiger partial charge < -0.3 is 14.8 Å². The lowest BCUT2D eigenvalue weighted by Crippen LogP contribution is -2.39. The molecule has 2 aromatic rings. The molecule has 2 heterocycles. The van der Waals surface area contributed by atoms with Gasteiger partial charge in [-0.15, -0.1) is 0 Å². The fraction of sp³-hybridized carbons (Fsp3) is 0.550. The molecule has 4 rings (SSSR count). The molecule has 0 unspecified atom stereocenters. The number of hydrogen-bond acceptors (Lipinski definition) is 5. The van der Waals surface area contributed by atoms with E-state index in [0.717, 1.165) is 42.3 Å². The van der Waals surface area contributed by atoms with Gasteiger partial charge in [0.15, 0.2) is 5.82 Å². The molecule has 2 aliphatic rings. The third-order valence-electron chi connectivity index (χ3n) is 5.53. The minimum Gasteiger partial charge on any atom is -0.491 e. The predicted molar refractivity (Wildman–Crippen MR) is 101 cm³/mol. The molecule has 0 radical (unpaired) electrons. The highest BCUT2D eigenvalue weighted by Gasteiger charge is 2.54. The van der Waals surface area contributed by atoms with E-state index in [4.69, 9.17) is 9.47 Å². The first-order valence-electron chi connectivity index (χ1n) is 9.54. The smallest absolute Gasteiger partial charge is 0.307 e. The minimum absolute atomic E-state index is 0.0809. The quantitative estimate of drug-likeness (QED) is 0.835. The topological polar surface area (TPSA) is 82.4 Å². The van der Waals surface area contributed by atoms with Crippen LogP contribution in [0.1, 0.15) is 46.0 Å². The van der Waals surface area contributed by atoms with Gasteiger partial charge in [0.25, 0.3) is 0 Å². The Hall–Kier alpha value is -2.57. The van der Waals surface area contributed by atoms with Crippen LogP contribution in [0, 0.1) is 5.92 Å². The number of aromatic nitrogens is 2. The molecule has 144 valence electrons. The molecule has 2 fully saturated rings. The summed E-state index contributed by atoms with van der Waals surface area (Å²) in [6.45, 7) is 3.95. The zero-order valence-electron chi connectivity index (χ0n) is 15.9. The molecule has 1 aliphatic carbocycles. The molecule has 7 heteroatoms. The molecule has 1 amide bonds. The van der Waals surface area contributed by atoms with Crippen LogP contribution in [-0.2, 0) is 21.4 Å². The normalized spacial score (nSPS) is 21.2. The summed E-state index contributed by atoms with van der Waals surface area (Å²) in [5.41, 5.74) is 0.252. The van der Waals surface area contributed by atoms with Gasteiger partial charge in [-0.1, -0.05) is 0 Å². The second kappa shape index (κ2) is 6.55. The van der Waals surface area contributed by atoms with Crippen molar-refractivity contribution in [3.63, 3.8) is 0 Å². The van der Waals surface area contributed by atoms with Gasteiger partial charge in [0.1, 0.15) is 11.4 Å².